The molecule has 0 aliphatic carbocycles. The third-order valence-electron chi connectivity index (χ3n) is 2.38. The Labute approximate surface area is 119 Å². The molecule has 0 aliphatic rings. The first-order valence-corrected chi connectivity index (χ1v) is 7.34. The molecule has 0 rings (SSSR count). The second-order valence-corrected chi connectivity index (χ2v) is 6.05. The number of carboxylic acid groups (broad SMARTS) is 1. The number of rotatable bonds is 7. The van der Waals surface area contributed by atoms with E-state index in [4.69, 9.17) is 5.11 Å². The summed E-state index contributed by atoms with van der Waals surface area (Å²) in [6, 6.07) is -1.44. The number of sulfonamides is 1. The molecule has 0 bridgehead atoms. The highest BCUT2D eigenvalue weighted by molar-refractivity contribution is 7.89. The van der Waals surface area contributed by atoms with Gasteiger partial charge in [0.2, 0.25) is 15.6 Å². The summed E-state index contributed by atoms with van der Waals surface area (Å²) in [7, 11) is -3.65. The van der Waals surface area contributed by atoms with Crippen molar-refractivity contribution in [3.63, 3.8) is 0 Å². The number of hydrogen-bond acceptors (Lipinski definition) is 4. The smallest absolute Gasteiger partial charge is 0.422 e. The molecule has 0 spiro atoms. The maximum absolute atomic E-state index is 12.6. The van der Waals surface area contributed by atoms with Crippen LogP contribution in [0.25, 0.3) is 0 Å². The zero-order chi connectivity index (χ0) is 16.9. The van der Waals surface area contributed by atoms with Crippen LogP contribution in [0.4, 0.5) is 18.0 Å². The average molecular weight is 335 g/mol. The van der Waals surface area contributed by atoms with E-state index < -0.39 is 46.0 Å². The van der Waals surface area contributed by atoms with Gasteiger partial charge in [0.1, 0.15) is 0 Å². The van der Waals surface area contributed by atoms with Crippen LogP contribution in [0, 0.1) is 0 Å². The molecule has 8 nitrogen and oxygen atoms in total. The van der Waals surface area contributed by atoms with Gasteiger partial charge >= 0.3 is 18.2 Å². The number of nitrogens with one attached hydrogen (secondary N) is 3. The Balaban J connectivity index is 4.60. The number of carbonyl (C=O) groups excluding carboxylic acids is 1. The molecule has 1 unspecified atom stereocenters. The first-order valence-electron chi connectivity index (χ1n) is 5.69. The van der Waals surface area contributed by atoms with Crippen molar-refractivity contribution in [2.45, 2.75) is 25.6 Å². The minimum Gasteiger partial charge on any atom is -0.479 e. The predicted molar refractivity (Wildman–Crippen MR) is 66.1 cm³/mol. The second kappa shape index (κ2) is 6.93. The van der Waals surface area contributed by atoms with Crippen molar-refractivity contribution in [2.24, 2.45) is 0 Å². The molecule has 4 N–H and O–H groups in total. The van der Waals surface area contributed by atoms with Crippen LogP contribution in [-0.2, 0) is 14.8 Å². The highest BCUT2D eigenvalue weighted by atomic mass is 32.2. The minimum absolute atomic E-state index is 0.125. The molecule has 0 saturated carbocycles. The van der Waals surface area contributed by atoms with Gasteiger partial charge in [-0.25, -0.2) is 22.7 Å². The second-order valence-electron chi connectivity index (χ2n) is 4.13. The van der Waals surface area contributed by atoms with E-state index in [1.165, 1.54) is 12.2 Å². The van der Waals surface area contributed by atoms with E-state index in [2.05, 4.69) is 4.72 Å². The van der Waals surface area contributed by atoms with E-state index in [9.17, 15) is 31.2 Å². The van der Waals surface area contributed by atoms with E-state index in [-0.39, 0.29) is 13.5 Å². The normalized spacial score (nSPS) is 15.1. The summed E-state index contributed by atoms with van der Waals surface area (Å²) in [6.07, 6.45) is -5.22. The average Bonchev–Trinajstić information content (AvgIpc) is 2.26. The summed E-state index contributed by atoms with van der Waals surface area (Å²) >= 11 is 0. The van der Waals surface area contributed by atoms with Crippen molar-refractivity contribution in [3.05, 3.63) is 0 Å². The maximum Gasteiger partial charge on any atom is 0.422 e. The molecule has 0 aromatic carbocycles. The Morgan fingerprint density at radius 3 is 2.14 bits per heavy atom. The highest BCUT2D eigenvalue weighted by Crippen LogP contribution is 2.30. The molecular formula is C9H16F3N3O5S. The summed E-state index contributed by atoms with van der Waals surface area (Å²) in [4.78, 5) is 21.9. The van der Waals surface area contributed by atoms with Gasteiger partial charge < -0.3 is 15.7 Å². The van der Waals surface area contributed by atoms with Crippen LogP contribution in [0.5, 0.6) is 0 Å². The van der Waals surface area contributed by atoms with E-state index in [0.29, 0.717) is 0 Å². The van der Waals surface area contributed by atoms with Crippen LogP contribution >= 0.6 is 0 Å². The summed E-state index contributed by atoms with van der Waals surface area (Å²) < 4.78 is 62.3. The summed E-state index contributed by atoms with van der Waals surface area (Å²) in [5, 5.41) is 11.7. The number of halogens is 3. The van der Waals surface area contributed by atoms with Crippen molar-refractivity contribution in [3.8, 4) is 0 Å². The standard InChI is InChI=1S/C9H16F3N3O5S/c1-3-14-21(19,20)5-4-13-7(18)15-8(2,6(16)17)9(10,11)12/h14H,3-5H2,1-2H3,(H,16,17)(H2,13,15,18). The quantitative estimate of drug-likeness (QED) is 0.505. The molecule has 124 valence electrons. The van der Waals surface area contributed by atoms with Gasteiger partial charge in [0, 0.05) is 13.1 Å². The SMILES string of the molecule is CCNS(=O)(=O)CCNC(=O)NC(C)(C(=O)O)C(F)(F)F. The van der Waals surface area contributed by atoms with Gasteiger partial charge in [0.15, 0.2) is 0 Å². The Bertz CT molecular complexity index is 493. The van der Waals surface area contributed by atoms with Gasteiger partial charge in [-0.1, -0.05) is 6.92 Å². The Morgan fingerprint density at radius 1 is 1.24 bits per heavy atom. The van der Waals surface area contributed by atoms with Crippen LogP contribution in [-0.4, -0.2) is 56.1 Å². The Hall–Kier alpha value is -1.56. The monoisotopic (exact) mass is 335 g/mol. The minimum atomic E-state index is -5.22. The maximum atomic E-state index is 12.6. The van der Waals surface area contributed by atoms with Crippen molar-refractivity contribution < 1.29 is 36.3 Å². The molecule has 0 aliphatic heterocycles. The van der Waals surface area contributed by atoms with Gasteiger partial charge in [-0.15, -0.1) is 0 Å². The van der Waals surface area contributed by atoms with E-state index in [1.807, 2.05) is 5.32 Å². The van der Waals surface area contributed by atoms with Crippen LogP contribution in [0.15, 0.2) is 0 Å². The third-order valence-corrected chi connectivity index (χ3v) is 3.85. The first kappa shape index (κ1) is 19.4. The van der Waals surface area contributed by atoms with E-state index in [0.717, 1.165) is 0 Å². The fourth-order valence-corrected chi connectivity index (χ4v) is 2.06. The first-order chi connectivity index (χ1) is 9.35. The zero-order valence-corrected chi connectivity index (χ0v) is 12.1. The molecule has 0 aromatic heterocycles. The Kier molecular flexibility index (Phi) is 6.42. The van der Waals surface area contributed by atoms with Crippen molar-refractivity contribution in [2.75, 3.05) is 18.8 Å². The lowest BCUT2D eigenvalue weighted by molar-refractivity contribution is -0.203. The molecule has 12 heteroatoms. The number of amides is 2. The van der Waals surface area contributed by atoms with E-state index in [1.54, 1.807) is 0 Å². The largest absolute Gasteiger partial charge is 0.479 e. The van der Waals surface area contributed by atoms with Gasteiger partial charge in [0.05, 0.1) is 5.75 Å². The van der Waals surface area contributed by atoms with Crippen LogP contribution in [0.2, 0.25) is 0 Å². The summed E-state index contributed by atoms with van der Waals surface area (Å²) in [6.45, 7) is 1.46. The molecule has 2 amide bonds. The molecule has 0 saturated heterocycles. The van der Waals surface area contributed by atoms with E-state index >= 15 is 0 Å². The van der Waals surface area contributed by atoms with Crippen LogP contribution in [0.3, 0.4) is 0 Å². The van der Waals surface area contributed by atoms with Crippen molar-refractivity contribution in [1.82, 2.24) is 15.4 Å². The lowest BCUT2D eigenvalue weighted by atomic mass is 10.0. The van der Waals surface area contributed by atoms with Crippen molar-refractivity contribution >= 4 is 22.0 Å². The number of carbonyl (C=O) groups is 2. The molecule has 0 radical (unpaired) electrons. The Morgan fingerprint density at radius 2 is 1.76 bits per heavy atom. The van der Waals surface area contributed by atoms with Gasteiger partial charge in [-0.2, -0.15) is 13.2 Å². The number of urea groups is 1. The molecular weight excluding hydrogens is 319 g/mol. The summed E-state index contributed by atoms with van der Waals surface area (Å²) in [5.41, 5.74) is -3.47. The van der Waals surface area contributed by atoms with Gasteiger partial charge in [-0.05, 0) is 6.92 Å². The molecule has 0 aromatic rings. The van der Waals surface area contributed by atoms with Crippen molar-refractivity contribution in [1.29, 1.82) is 0 Å². The number of alkyl halides is 3. The zero-order valence-electron chi connectivity index (χ0n) is 11.2. The fraction of sp³-hybridized carbons (Fsp3) is 0.778. The topological polar surface area (TPSA) is 125 Å². The lowest BCUT2D eigenvalue weighted by Gasteiger charge is -2.28. The fourth-order valence-electron chi connectivity index (χ4n) is 1.11. The molecule has 0 fully saturated rings. The number of aliphatic carboxylic acids is 1. The van der Waals surface area contributed by atoms with Crippen LogP contribution in [0.1, 0.15) is 13.8 Å². The lowest BCUT2D eigenvalue weighted by Crippen LogP contribution is -2.63. The van der Waals surface area contributed by atoms with Gasteiger partial charge in [0.25, 0.3) is 0 Å². The molecule has 21 heavy (non-hydrogen) atoms. The van der Waals surface area contributed by atoms with Crippen LogP contribution < -0.4 is 15.4 Å². The van der Waals surface area contributed by atoms with Gasteiger partial charge in [-0.3, -0.25) is 0 Å². The molecule has 0 heterocycles. The summed E-state index contributed by atoms with van der Waals surface area (Å²) in [5.74, 6) is -2.84. The predicted octanol–water partition coefficient (Wildman–Crippen LogP) is -0.370. The highest BCUT2D eigenvalue weighted by Gasteiger charge is 2.58. The third kappa shape index (κ3) is 5.75. The molecule has 1 atom stereocenters. The number of hydrogen-bond donors (Lipinski definition) is 4. The number of carboxylic acids is 1.